The van der Waals surface area contributed by atoms with Crippen molar-refractivity contribution in [1.29, 1.82) is 0 Å². The zero-order chi connectivity index (χ0) is 20.5. The van der Waals surface area contributed by atoms with Crippen LogP contribution in [0.1, 0.15) is 39.2 Å². The van der Waals surface area contributed by atoms with Crippen molar-refractivity contribution in [3.63, 3.8) is 0 Å². The van der Waals surface area contributed by atoms with Crippen LogP contribution in [0.5, 0.6) is 0 Å². The Hall–Kier alpha value is -2.67. The van der Waals surface area contributed by atoms with E-state index in [9.17, 15) is 9.59 Å². The first-order valence-electron chi connectivity index (χ1n) is 9.90. The Bertz CT molecular complexity index is 1080. The molecule has 8 heteroatoms. The first kappa shape index (κ1) is 19.6. The summed E-state index contributed by atoms with van der Waals surface area (Å²) in [6, 6.07) is 6.40. The van der Waals surface area contributed by atoms with Crippen LogP contribution in [0.25, 0.3) is 22.4 Å². The van der Waals surface area contributed by atoms with Crippen LogP contribution in [-0.2, 0) is 4.79 Å². The van der Waals surface area contributed by atoms with E-state index in [1.165, 1.54) is 10.9 Å². The van der Waals surface area contributed by atoms with Gasteiger partial charge < -0.3 is 9.42 Å². The summed E-state index contributed by atoms with van der Waals surface area (Å²) in [6.45, 7) is 5.56. The van der Waals surface area contributed by atoms with Gasteiger partial charge in [-0.2, -0.15) is 0 Å². The van der Waals surface area contributed by atoms with Crippen LogP contribution in [0.2, 0.25) is 5.02 Å². The number of benzene rings is 1. The van der Waals surface area contributed by atoms with E-state index in [1.807, 2.05) is 11.8 Å². The van der Waals surface area contributed by atoms with E-state index in [4.69, 9.17) is 16.1 Å². The van der Waals surface area contributed by atoms with Gasteiger partial charge in [0, 0.05) is 23.7 Å². The molecule has 1 aliphatic heterocycles. The van der Waals surface area contributed by atoms with Gasteiger partial charge in [-0.25, -0.2) is 4.98 Å². The summed E-state index contributed by atoms with van der Waals surface area (Å²) >= 11 is 5.96. The van der Waals surface area contributed by atoms with Gasteiger partial charge in [-0.3, -0.25) is 14.2 Å². The molecule has 1 amide bonds. The maximum atomic E-state index is 13.3. The second-order valence-electron chi connectivity index (χ2n) is 7.61. The molecule has 0 aliphatic carbocycles. The molecule has 0 saturated carbocycles. The molecule has 1 aromatic carbocycles. The Balaban J connectivity index is 1.74. The average Bonchev–Trinajstić information content (AvgIpc) is 3.16. The van der Waals surface area contributed by atoms with Crippen molar-refractivity contribution < 1.29 is 9.32 Å². The van der Waals surface area contributed by atoms with Crippen LogP contribution < -0.4 is 5.56 Å². The minimum atomic E-state index is -0.597. The Morgan fingerprint density at radius 2 is 1.97 bits per heavy atom. The smallest absolute Gasteiger partial charge is 0.267 e. The maximum absolute atomic E-state index is 13.3. The average molecular weight is 415 g/mol. The third-order valence-corrected chi connectivity index (χ3v) is 5.89. The molecule has 29 heavy (non-hydrogen) atoms. The highest BCUT2D eigenvalue weighted by atomic mass is 35.5. The van der Waals surface area contributed by atoms with Gasteiger partial charge in [-0.1, -0.05) is 42.7 Å². The summed E-state index contributed by atoms with van der Waals surface area (Å²) in [5.74, 6) is 0.589. The fourth-order valence-electron chi connectivity index (χ4n) is 3.82. The molecule has 2 aromatic heterocycles. The van der Waals surface area contributed by atoms with Crippen molar-refractivity contribution in [2.75, 3.05) is 13.1 Å². The molecule has 0 N–H and O–H groups in total. The van der Waals surface area contributed by atoms with Crippen molar-refractivity contribution in [2.24, 2.45) is 5.92 Å². The van der Waals surface area contributed by atoms with E-state index in [2.05, 4.69) is 17.1 Å². The molecular formula is C21H23ClN4O3. The third kappa shape index (κ3) is 3.67. The molecule has 1 fully saturated rings. The Morgan fingerprint density at radius 3 is 2.62 bits per heavy atom. The number of halogens is 1. The molecule has 1 aliphatic rings. The summed E-state index contributed by atoms with van der Waals surface area (Å²) in [4.78, 5) is 32.6. The van der Waals surface area contributed by atoms with Crippen molar-refractivity contribution in [3.8, 4) is 11.3 Å². The lowest BCUT2D eigenvalue weighted by Crippen LogP contribution is -2.43. The highest BCUT2D eigenvalue weighted by molar-refractivity contribution is 6.30. The number of amides is 1. The monoisotopic (exact) mass is 414 g/mol. The summed E-state index contributed by atoms with van der Waals surface area (Å²) in [7, 11) is 0. The molecular weight excluding hydrogens is 392 g/mol. The summed E-state index contributed by atoms with van der Waals surface area (Å²) in [6.07, 6.45) is 3.86. The van der Waals surface area contributed by atoms with Gasteiger partial charge in [-0.05, 0) is 37.3 Å². The first-order valence-corrected chi connectivity index (χ1v) is 10.3. The van der Waals surface area contributed by atoms with E-state index in [-0.39, 0.29) is 22.6 Å². The normalized spacial score (nSPS) is 16.3. The third-order valence-electron chi connectivity index (χ3n) is 5.64. The van der Waals surface area contributed by atoms with Crippen molar-refractivity contribution >= 4 is 28.6 Å². The number of carbonyl (C=O) groups excluding carboxylic acids is 1. The van der Waals surface area contributed by atoms with E-state index in [1.54, 1.807) is 24.3 Å². The zero-order valence-corrected chi connectivity index (χ0v) is 17.2. The van der Waals surface area contributed by atoms with Gasteiger partial charge in [0.15, 0.2) is 0 Å². The van der Waals surface area contributed by atoms with E-state index < -0.39 is 6.04 Å². The number of rotatable bonds is 4. The van der Waals surface area contributed by atoms with Crippen LogP contribution in [0.3, 0.4) is 0 Å². The van der Waals surface area contributed by atoms with Crippen LogP contribution >= 0.6 is 11.6 Å². The fraction of sp³-hybridized carbons (Fsp3) is 0.429. The molecule has 0 unspecified atom stereocenters. The van der Waals surface area contributed by atoms with Gasteiger partial charge in [0.2, 0.25) is 5.91 Å². The second kappa shape index (κ2) is 7.99. The Labute approximate surface area is 173 Å². The summed E-state index contributed by atoms with van der Waals surface area (Å²) in [5.41, 5.74) is 0.934. The van der Waals surface area contributed by atoms with Gasteiger partial charge in [0.1, 0.15) is 23.4 Å². The quantitative estimate of drug-likeness (QED) is 0.646. The van der Waals surface area contributed by atoms with Crippen molar-refractivity contribution in [1.82, 2.24) is 19.6 Å². The minimum Gasteiger partial charge on any atom is -0.341 e. The predicted molar refractivity (Wildman–Crippen MR) is 111 cm³/mol. The molecule has 3 heterocycles. The first-order chi connectivity index (χ1) is 14.0. The lowest BCUT2D eigenvalue weighted by atomic mass is 9.98. The van der Waals surface area contributed by atoms with E-state index in [0.29, 0.717) is 28.6 Å². The molecule has 7 nitrogen and oxygen atoms in total. The number of nitrogens with zero attached hydrogens (tertiary/aromatic N) is 4. The zero-order valence-electron chi connectivity index (χ0n) is 16.5. The summed E-state index contributed by atoms with van der Waals surface area (Å²) in [5, 5.41) is 4.90. The minimum absolute atomic E-state index is 0.0350. The van der Waals surface area contributed by atoms with Gasteiger partial charge >= 0.3 is 0 Å². The van der Waals surface area contributed by atoms with Crippen LogP contribution in [0, 0.1) is 5.92 Å². The predicted octanol–water partition coefficient (Wildman–Crippen LogP) is 3.91. The Morgan fingerprint density at radius 1 is 1.28 bits per heavy atom. The maximum Gasteiger partial charge on any atom is 0.267 e. The standard InChI is InChI=1S/C21H23ClN4O3/c1-3-16(20(27)25-10-8-13(2)9-11-25)26-12-23-19-17(21(26)28)18(24-29-19)14-4-6-15(22)7-5-14/h4-7,12-13,16H,3,8-11H2,1-2H3/t16-/m0/s1. The second-order valence-corrected chi connectivity index (χ2v) is 8.04. The molecule has 0 bridgehead atoms. The highest BCUT2D eigenvalue weighted by Crippen LogP contribution is 2.27. The van der Waals surface area contributed by atoms with Crippen molar-refractivity contribution in [3.05, 3.63) is 46.0 Å². The molecule has 1 atom stereocenters. The highest BCUT2D eigenvalue weighted by Gasteiger charge is 2.29. The number of carbonyl (C=O) groups is 1. The molecule has 3 aromatic rings. The Kier molecular flexibility index (Phi) is 5.41. The molecule has 0 spiro atoms. The number of hydrogen-bond acceptors (Lipinski definition) is 5. The molecule has 4 rings (SSSR count). The van der Waals surface area contributed by atoms with Crippen molar-refractivity contribution in [2.45, 2.75) is 39.2 Å². The molecule has 152 valence electrons. The topological polar surface area (TPSA) is 81.2 Å². The van der Waals surface area contributed by atoms with Gasteiger partial charge in [0.05, 0.1) is 0 Å². The van der Waals surface area contributed by atoms with Gasteiger partial charge in [-0.15, -0.1) is 0 Å². The number of likely N-dealkylation sites (tertiary alicyclic amines) is 1. The fourth-order valence-corrected chi connectivity index (χ4v) is 3.94. The van der Waals surface area contributed by atoms with Crippen LogP contribution in [0.15, 0.2) is 39.9 Å². The van der Waals surface area contributed by atoms with E-state index in [0.717, 1.165) is 25.9 Å². The number of hydrogen-bond donors (Lipinski definition) is 0. The molecule has 1 saturated heterocycles. The van der Waals surface area contributed by atoms with E-state index >= 15 is 0 Å². The number of fused-ring (bicyclic) bond motifs is 1. The molecule has 0 radical (unpaired) electrons. The lowest BCUT2D eigenvalue weighted by Gasteiger charge is -2.33. The van der Waals surface area contributed by atoms with Gasteiger partial charge in [0.25, 0.3) is 11.3 Å². The SMILES string of the molecule is CC[C@@H](C(=O)N1CCC(C)CC1)n1cnc2onc(-c3ccc(Cl)cc3)c2c1=O. The van der Waals surface area contributed by atoms with Crippen LogP contribution in [0.4, 0.5) is 0 Å². The number of piperidine rings is 1. The largest absolute Gasteiger partial charge is 0.341 e. The summed E-state index contributed by atoms with van der Waals surface area (Å²) < 4.78 is 6.68. The lowest BCUT2D eigenvalue weighted by molar-refractivity contribution is -0.136. The van der Waals surface area contributed by atoms with Crippen LogP contribution in [-0.4, -0.2) is 38.6 Å². The number of aromatic nitrogens is 3.